The molecule has 4 aromatic rings. The summed E-state index contributed by atoms with van der Waals surface area (Å²) in [5, 5.41) is 21.0. The van der Waals surface area contributed by atoms with Crippen LogP contribution in [0, 0.1) is 0 Å². The third-order valence-electron chi connectivity index (χ3n) is 6.46. The topological polar surface area (TPSA) is 70.6 Å². The molecule has 1 aliphatic carbocycles. The Morgan fingerprint density at radius 1 is 0.966 bits per heavy atom. The number of phenols is 2. The molecule has 2 N–H and O–H groups in total. The third-order valence-corrected chi connectivity index (χ3v) is 6.46. The van der Waals surface area contributed by atoms with E-state index in [9.17, 15) is 10.2 Å². The molecule has 0 radical (unpaired) electrons. The molecule has 7 rings (SSSR count). The molecule has 0 fully saturated rings. The van der Waals surface area contributed by atoms with Crippen LogP contribution < -0.4 is 17.0 Å². The summed E-state index contributed by atoms with van der Waals surface area (Å²) in [6, 6.07) is 13.3. The fourth-order valence-electron chi connectivity index (χ4n) is 5.43. The summed E-state index contributed by atoms with van der Waals surface area (Å²) < 4.78 is 13.2. The average Bonchev–Trinajstić information content (AvgIpc) is 3.42. The van der Waals surface area contributed by atoms with Crippen LogP contribution in [0.25, 0.3) is 0 Å². The van der Waals surface area contributed by atoms with Gasteiger partial charge in [-0.1, -0.05) is 6.07 Å². The van der Waals surface area contributed by atoms with Gasteiger partial charge in [0.2, 0.25) is 0 Å². The van der Waals surface area contributed by atoms with Gasteiger partial charge in [-0.15, -0.1) is 0 Å². The predicted molar refractivity (Wildman–Crippen MR) is 99.2 cm³/mol. The van der Waals surface area contributed by atoms with Gasteiger partial charge in [0.1, 0.15) is 11.5 Å². The van der Waals surface area contributed by atoms with Gasteiger partial charge in [0.05, 0.1) is 36.4 Å². The largest absolute Gasteiger partial charge is 1.00 e. The molecule has 6 heteroatoms. The lowest BCUT2D eigenvalue weighted by molar-refractivity contribution is -0.732. The Kier molecular flexibility index (Phi) is 3.80. The number of hydrogen-bond donors (Lipinski definition) is 2. The van der Waals surface area contributed by atoms with Gasteiger partial charge in [0, 0.05) is 46.9 Å². The number of pyridine rings is 1. The molecule has 3 aromatic heterocycles. The van der Waals surface area contributed by atoms with E-state index < -0.39 is 5.41 Å². The zero-order chi connectivity index (χ0) is 18.9. The lowest BCUT2D eigenvalue weighted by atomic mass is 9.54. The number of rotatable bonds is 2. The molecule has 2 aliphatic heterocycles. The highest BCUT2D eigenvalue weighted by Gasteiger charge is 2.61. The van der Waals surface area contributed by atoms with E-state index in [1.807, 2.05) is 24.3 Å². The van der Waals surface area contributed by atoms with E-state index in [0.717, 1.165) is 34.4 Å². The van der Waals surface area contributed by atoms with E-state index in [2.05, 4.69) is 16.8 Å². The Bertz CT molecular complexity index is 1150. The molecule has 1 aromatic carbocycles. The Hall–Kier alpha value is -3.18. The summed E-state index contributed by atoms with van der Waals surface area (Å²) in [4.78, 5) is 0. The molecule has 2 atom stereocenters. The van der Waals surface area contributed by atoms with Gasteiger partial charge in [-0.3, -0.25) is 0 Å². The smallest absolute Gasteiger partial charge is 0.190 e. The maximum atomic E-state index is 10.9. The molecule has 146 valence electrons. The molecule has 2 bridgehead atoms. The summed E-state index contributed by atoms with van der Waals surface area (Å²) >= 11 is 0. The average molecular weight is 408 g/mol. The molecular formula is C23H18ClNO4. The van der Waals surface area contributed by atoms with Crippen LogP contribution in [0.2, 0.25) is 0 Å². The summed E-state index contributed by atoms with van der Waals surface area (Å²) in [7, 11) is 0. The number of fused-ring (bicyclic) bond motifs is 1. The maximum absolute atomic E-state index is 10.9. The normalized spacial score (nSPS) is 20.6. The van der Waals surface area contributed by atoms with E-state index in [-0.39, 0.29) is 35.9 Å². The van der Waals surface area contributed by atoms with E-state index in [0.29, 0.717) is 0 Å². The second kappa shape index (κ2) is 6.16. The zero-order valence-electron chi connectivity index (χ0n) is 15.3. The molecule has 5 nitrogen and oxygen atoms in total. The van der Waals surface area contributed by atoms with Gasteiger partial charge in [0.25, 0.3) is 0 Å². The van der Waals surface area contributed by atoms with Gasteiger partial charge in [-0.2, -0.15) is 4.57 Å². The predicted octanol–water partition coefficient (Wildman–Crippen LogP) is 1.00. The Balaban J connectivity index is 0.00000181. The van der Waals surface area contributed by atoms with Crippen molar-refractivity contribution in [2.75, 3.05) is 0 Å². The SMILES string of the molecule is Oc1cc(O)c2c(c1)[C@H]1CC(c3ccoc3)(c3ccoc3)[C@@H]2c2cccc[n+]21.[Cl-]. The van der Waals surface area contributed by atoms with Crippen LogP contribution in [0.15, 0.2) is 82.5 Å². The number of hydrogen-bond acceptors (Lipinski definition) is 4. The van der Waals surface area contributed by atoms with Gasteiger partial charge >= 0.3 is 0 Å². The number of benzene rings is 1. The monoisotopic (exact) mass is 407 g/mol. The van der Waals surface area contributed by atoms with Gasteiger partial charge in [-0.05, 0) is 18.2 Å². The summed E-state index contributed by atoms with van der Waals surface area (Å²) in [6.07, 6.45) is 9.81. The van der Waals surface area contributed by atoms with Crippen molar-refractivity contribution in [3.05, 3.63) is 102 Å². The van der Waals surface area contributed by atoms with Crippen molar-refractivity contribution in [3.63, 3.8) is 0 Å². The first-order valence-corrected chi connectivity index (χ1v) is 9.31. The fraction of sp³-hybridized carbons (Fsp3) is 0.174. The quantitative estimate of drug-likeness (QED) is 0.486. The molecule has 3 aliphatic rings. The van der Waals surface area contributed by atoms with Crippen molar-refractivity contribution in [1.82, 2.24) is 0 Å². The molecule has 0 unspecified atom stereocenters. The van der Waals surface area contributed by atoms with Crippen molar-refractivity contribution in [3.8, 4) is 11.5 Å². The summed E-state index contributed by atoms with van der Waals surface area (Å²) in [5.74, 6) is 0.0553. The van der Waals surface area contributed by atoms with Crippen LogP contribution in [-0.2, 0) is 5.41 Å². The highest BCUT2D eigenvalue weighted by Crippen LogP contribution is 2.61. The molecule has 0 spiro atoms. The fourth-order valence-corrected chi connectivity index (χ4v) is 5.43. The van der Waals surface area contributed by atoms with Crippen LogP contribution in [0.5, 0.6) is 11.5 Å². The number of halogens is 1. The lowest BCUT2D eigenvalue weighted by Gasteiger charge is -2.48. The number of phenolic OH excluding ortho intramolecular Hbond substituents is 2. The maximum Gasteiger partial charge on any atom is 0.190 e. The van der Waals surface area contributed by atoms with Gasteiger partial charge in [-0.25, -0.2) is 0 Å². The van der Waals surface area contributed by atoms with E-state index in [1.165, 1.54) is 6.07 Å². The third kappa shape index (κ3) is 2.19. The first kappa shape index (κ1) is 17.9. The van der Waals surface area contributed by atoms with E-state index in [1.54, 1.807) is 31.1 Å². The highest BCUT2D eigenvalue weighted by atomic mass is 35.5. The zero-order valence-corrected chi connectivity index (χ0v) is 16.1. The Morgan fingerprint density at radius 3 is 2.34 bits per heavy atom. The molecule has 29 heavy (non-hydrogen) atoms. The molecular weight excluding hydrogens is 390 g/mol. The van der Waals surface area contributed by atoms with Crippen LogP contribution in [0.3, 0.4) is 0 Å². The Labute approximate surface area is 173 Å². The van der Waals surface area contributed by atoms with Crippen LogP contribution >= 0.6 is 0 Å². The van der Waals surface area contributed by atoms with E-state index in [4.69, 9.17) is 8.83 Å². The summed E-state index contributed by atoms with van der Waals surface area (Å²) in [5.41, 5.74) is 4.62. The number of nitrogens with zero attached hydrogens (tertiary/aromatic N) is 1. The number of furan rings is 2. The minimum atomic E-state index is -0.437. The number of aromatic hydroxyl groups is 2. The van der Waals surface area contributed by atoms with Crippen molar-refractivity contribution in [2.45, 2.75) is 23.8 Å². The van der Waals surface area contributed by atoms with Crippen LogP contribution in [0.1, 0.15) is 46.3 Å². The lowest BCUT2D eigenvalue weighted by Crippen LogP contribution is -3.00. The Morgan fingerprint density at radius 2 is 1.69 bits per heavy atom. The summed E-state index contributed by atoms with van der Waals surface area (Å²) in [6.45, 7) is 0. The van der Waals surface area contributed by atoms with Crippen molar-refractivity contribution in [1.29, 1.82) is 0 Å². The van der Waals surface area contributed by atoms with Gasteiger partial charge < -0.3 is 31.5 Å². The highest BCUT2D eigenvalue weighted by molar-refractivity contribution is 5.59. The second-order valence-corrected chi connectivity index (χ2v) is 7.65. The standard InChI is InChI=1S/C23H17NO4.ClH/c25-16-9-17-19-11-23(14-4-7-27-12-14,15-5-8-28-13-15)22(21(17)20(26)10-16)18-3-1-2-6-24(18)19;/h1-10,12-13,19,22H,11H2,(H-,25,26);1H/t19-,22-;/m1./s1. The number of aromatic nitrogens is 1. The molecule has 0 saturated carbocycles. The van der Waals surface area contributed by atoms with Crippen LogP contribution in [-0.4, -0.2) is 10.2 Å². The van der Waals surface area contributed by atoms with E-state index >= 15 is 0 Å². The van der Waals surface area contributed by atoms with Crippen molar-refractivity contribution >= 4 is 0 Å². The molecule has 5 heterocycles. The first-order chi connectivity index (χ1) is 13.7. The minimum Gasteiger partial charge on any atom is -1.00 e. The van der Waals surface area contributed by atoms with Crippen molar-refractivity contribution in [2.24, 2.45) is 0 Å². The van der Waals surface area contributed by atoms with Gasteiger partial charge in [0.15, 0.2) is 17.9 Å². The van der Waals surface area contributed by atoms with Crippen molar-refractivity contribution < 1.29 is 36.0 Å². The second-order valence-electron chi connectivity index (χ2n) is 7.65. The minimum absolute atomic E-state index is 0. The molecule has 0 saturated heterocycles. The molecule has 0 amide bonds. The van der Waals surface area contributed by atoms with Crippen LogP contribution in [0.4, 0.5) is 0 Å². The first-order valence-electron chi connectivity index (χ1n) is 9.31.